The van der Waals surface area contributed by atoms with Crippen LogP contribution in [0.5, 0.6) is 0 Å². The van der Waals surface area contributed by atoms with Crippen molar-refractivity contribution in [1.82, 2.24) is 0 Å². The first kappa shape index (κ1) is 18.5. The first-order chi connectivity index (χ1) is 11.8. The van der Waals surface area contributed by atoms with Gasteiger partial charge in [-0.25, -0.2) is 0 Å². The number of hydrogen-bond donors (Lipinski definition) is 1. The molecule has 4 aliphatic rings. The molecule has 0 radical (unpaired) electrons. The molecule has 4 rings (SSSR count). The van der Waals surface area contributed by atoms with Crippen LogP contribution < -0.4 is 0 Å². The number of carbonyl (C=O) groups is 1. The van der Waals surface area contributed by atoms with Crippen molar-refractivity contribution >= 4 is 21.7 Å². The first-order valence-corrected chi connectivity index (χ1v) is 11.7. The second-order valence-electron chi connectivity index (χ2n) is 10.5. The zero-order valence-corrected chi connectivity index (χ0v) is 17.7. The lowest BCUT2D eigenvalue weighted by Crippen LogP contribution is -2.51. The van der Waals surface area contributed by atoms with Crippen LogP contribution in [0.4, 0.5) is 0 Å². The number of aliphatic hydroxyl groups is 1. The van der Waals surface area contributed by atoms with E-state index in [2.05, 4.69) is 29.8 Å². The van der Waals surface area contributed by atoms with Gasteiger partial charge < -0.3 is 5.11 Å². The summed E-state index contributed by atoms with van der Waals surface area (Å²) >= 11 is 3.44. The number of rotatable bonds is 2. The molecule has 2 nitrogen and oxygen atoms in total. The van der Waals surface area contributed by atoms with Crippen LogP contribution in [0, 0.1) is 46.8 Å². The van der Waals surface area contributed by atoms with Gasteiger partial charge in [0.1, 0.15) is 5.78 Å². The predicted molar refractivity (Wildman–Crippen MR) is 105 cm³/mol. The van der Waals surface area contributed by atoms with Crippen LogP contribution in [0.3, 0.4) is 0 Å². The van der Waals surface area contributed by atoms with Gasteiger partial charge in [-0.2, -0.15) is 0 Å². The third kappa shape index (κ3) is 2.87. The number of hydrogen-bond acceptors (Lipinski definition) is 2. The third-order valence-corrected chi connectivity index (χ3v) is 9.61. The van der Waals surface area contributed by atoms with Crippen molar-refractivity contribution in [2.45, 2.75) is 77.7 Å². The molecular weight excluding hydrogens is 376 g/mol. The standard InChI is InChI=1S/C22H35BrO2/c1-13-10-18-17-5-4-14-11-21(2,25)8-6-15(14)16(17)7-9-22(18,3)20(13)19(24)12-23/h13-18,20,25H,4-12H2,1-3H3/t13-,14-,15+,16-,17-,18+,20-,21-,22+/m1/s1. The number of carbonyl (C=O) groups excluding carboxylic acids is 1. The van der Waals surface area contributed by atoms with Gasteiger partial charge in [0.2, 0.25) is 0 Å². The molecule has 0 aromatic carbocycles. The molecule has 0 unspecified atom stereocenters. The van der Waals surface area contributed by atoms with Crippen molar-refractivity contribution in [2.75, 3.05) is 5.33 Å². The van der Waals surface area contributed by atoms with Crippen LogP contribution in [0.1, 0.15) is 72.1 Å². The largest absolute Gasteiger partial charge is 0.390 e. The summed E-state index contributed by atoms with van der Waals surface area (Å²) in [4.78, 5) is 12.7. The average molecular weight is 411 g/mol. The van der Waals surface area contributed by atoms with Gasteiger partial charge in [0, 0.05) is 5.92 Å². The van der Waals surface area contributed by atoms with E-state index >= 15 is 0 Å². The van der Waals surface area contributed by atoms with E-state index in [0.717, 1.165) is 42.4 Å². The molecule has 3 heteroatoms. The molecule has 0 heterocycles. The van der Waals surface area contributed by atoms with Crippen molar-refractivity contribution in [1.29, 1.82) is 0 Å². The topological polar surface area (TPSA) is 37.3 Å². The molecule has 0 spiro atoms. The molecule has 0 aliphatic heterocycles. The Morgan fingerprint density at radius 1 is 1.08 bits per heavy atom. The van der Waals surface area contributed by atoms with Gasteiger partial charge >= 0.3 is 0 Å². The van der Waals surface area contributed by atoms with Crippen LogP contribution in [-0.4, -0.2) is 21.8 Å². The number of Topliss-reactive ketones (excluding diaryl/α,β-unsaturated/α-hetero) is 1. The Labute approximate surface area is 161 Å². The summed E-state index contributed by atoms with van der Waals surface area (Å²) in [5.41, 5.74) is -0.190. The van der Waals surface area contributed by atoms with Crippen molar-refractivity contribution < 1.29 is 9.90 Å². The van der Waals surface area contributed by atoms with Gasteiger partial charge in [-0.1, -0.05) is 29.8 Å². The Morgan fingerprint density at radius 3 is 2.52 bits per heavy atom. The summed E-state index contributed by atoms with van der Waals surface area (Å²) in [6, 6.07) is 0. The van der Waals surface area contributed by atoms with Crippen LogP contribution in [0.2, 0.25) is 0 Å². The summed E-state index contributed by atoms with van der Waals surface area (Å²) in [6.45, 7) is 6.82. The van der Waals surface area contributed by atoms with E-state index in [4.69, 9.17) is 0 Å². The van der Waals surface area contributed by atoms with Gasteiger partial charge in [-0.3, -0.25) is 4.79 Å². The van der Waals surface area contributed by atoms with E-state index in [1.54, 1.807) is 0 Å². The molecule has 0 bridgehead atoms. The Morgan fingerprint density at radius 2 is 1.80 bits per heavy atom. The predicted octanol–water partition coefficient (Wildman–Crippen LogP) is 5.22. The maximum atomic E-state index is 12.7. The zero-order valence-electron chi connectivity index (χ0n) is 16.1. The van der Waals surface area contributed by atoms with Crippen LogP contribution in [-0.2, 0) is 4.79 Å². The Balaban J connectivity index is 1.57. The van der Waals surface area contributed by atoms with E-state index in [1.807, 2.05) is 6.92 Å². The highest BCUT2D eigenvalue weighted by Crippen LogP contribution is 2.65. The van der Waals surface area contributed by atoms with E-state index in [9.17, 15) is 9.90 Å². The summed E-state index contributed by atoms with van der Waals surface area (Å²) in [6.07, 6.45) is 9.69. The highest BCUT2D eigenvalue weighted by molar-refractivity contribution is 9.09. The molecule has 4 aliphatic carbocycles. The minimum Gasteiger partial charge on any atom is -0.390 e. The lowest BCUT2D eigenvalue weighted by molar-refractivity contribution is -0.130. The molecule has 4 saturated carbocycles. The van der Waals surface area contributed by atoms with Crippen molar-refractivity contribution in [2.24, 2.45) is 46.8 Å². The number of alkyl halides is 1. The minimum absolute atomic E-state index is 0.235. The maximum Gasteiger partial charge on any atom is 0.147 e. The van der Waals surface area contributed by atoms with Gasteiger partial charge in [-0.05, 0) is 99.2 Å². The van der Waals surface area contributed by atoms with Gasteiger partial charge in [0.25, 0.3) is 0 Å². The quantitative estimate of drug-likeness (QED) is 0.633. The SMILES string of the molecule is C[C@@H]1C[C@H]2[C@@H]3CC[C@@H]4C[C@](C)(O)CC[C@@H]4[C@H]3CC[C@]2(C)[C@H]1C(=O)CBr. The summed E-state index contributed by atoms with van der Waals surface area (Å²) in [7, 11) is 0. The fourth-order valence-corrected chi connectivity index (χ4v) is 8.56. The Kier molecular flexibility index (Phi) is 4.68. The summed E-state index contributed by atoms with van der Waals surface area (Å²) in [5, 5.41) is 11.0. The lowest BCUT2D eigenvalue weighted by atomic mass is 9.49. The van der Waals surface area contributed by atoms with Crippen LogP contribution in [0.15, 0.2) is 0 Å². The van der Waals surface area contributed by atoms with E-state index in [0.29, 0.717) is 17.0 Å². The number of halogens is 1. The lowest BCUT2D eigenvalue weighted by Gasteiger charge is -2.56. The van der Waals surface area contributed by atoms with E-state index in [-0.39, 0.29) is 11.3 Å². The van der Waals surface area contributed by atoms with Gasteiger partial charge in [-0.15, -0.1) is 0 Å². The molecule has 0 saturated heterocycles. The van der Waals surface area contributed by atoms with Gasteiger partial charge in [0.15, 0.2) is 0 Å². The molecule has 1 N–H and O–H groups in total. The smallest absolute Gasteiger partial charge is 0.147 e. The second-order valence-corrected chi connectivity index (χ2v) is 11.1. The molecule has 9 atom stereocenters. The Hall–Kier alpha value is 0.110. The van der Waals surface area contributed by atoms with Crippen molar-refractivity contribution in [3.05, 3.63) is 0 Å². The molecule has 4 fully saturated rings. The minimum atomic E-state index is -0.424. The van der Waals surface area contributed by atoms with Gasteiger partial charge in [0.05, 0.1) is 10.9 Å². The molecule has 0 aromatic rings. The highest BCUT2D eigenvalue weighted by Gasteiger charge is 2.60. The van der Waals surface area contributed by atoms with Crippen LogP contribution in [0.25, 0.3) is 0 Å². The normalized spacial score (nSPS) is 55.2. The second kappa shape index (κ2) is 6.33. The van der Waals surface area contributed by atoms with Crippen molar-refractivity contribution in [3.63, 3.8) is 0 Å². The number of ketones is 1. The third-order valence-electron chi connectivity index (χ3n) is 9.06. The number of fused-ring (bicyclic) bond motifs is 5. The van der Waals surface area contributed by atoms with E-state index < -0.39 is 5.60 Å². The van der Waals surface area contributed by atoms with Crippen molar-refractivity contribution in [3.8, 4) is 0 Å². The molecule has 0 amide bonds. The zero-order chi connectivity index (χ0) is 18.0. The van der Waals surface area contributed by atoms with Crippen LogP contribution >= 0.6 is 15.9 Å². The Bertz CT molecular complexity index is 544. The summed E-state index contributed by atoms with van der Waals surface area (Å²) < 4.78 is 0. The fraction of sp³-hybridized carbons (Fsp3) is 0.955. The average Bonchev–Trinajstić information content (AvgIpc) is 2.83. The molecule has 25 heavy (non-hydrogen) atoms. The maximum absolute atomic E-state index is 12.7. The first-order valence-electron chi connectivity index (χ1n) is 10.6. The molecule has 0 aromatic heterocycles. The van der Waals surface area contributed by atoms with E-state index in [1.165, 1.54) is 38.5 Å². The monoisotopic (exact) mass is 410 g/mol. The summed E-state index contributed by atoms with van der Waals surface area (Å²) in [5.74, 6) is 5.27. The molecular formula is C22H35BrO2. The fourth-order valence-electron chi connectivity index (χ4n) is 8.21. The highest BCUT2D eigenvalue weighted by atomic mass is 79.9. The molecule has 142 valence electrons.